The number of esters is 1. The van der Waals surface area contributed by atoms with E-state index >= 15 is 0 Å². The van der Waals surface area contributed by atoms with Gasteiger partial charge in [-0.25, -0.2) is 4.79 Å². The van der Waals surface area contributed by atoms with E-state index in [1.165, 1.54) is 0 Å². The van der Waals surface area contributed by atoms with Crippen molar-refractivity contribution >= 4 is 5.97 Å². The summed E-state index contributed by atoms with van der Waals surface area (Å²) in [5, 5.41) is 12.2. The fourth-order valence-corrected chi connectivity index (χ4v) is 1.64. The predicted molar refractivity (Wildman–Crippen MR) is 75.9 cm³/mol. The van der Waals surface area contributed by atoms with E-state index in [-0.39, 0.29) is 12.2 Å². The van der Waals surface area contributed by atoms with Gasteiger partial charge in [0.2, 0.25) is 0 Å². The maximum Gasteiger partial charge on any atom is 0.350 e. The number of rotatable bonds is 9. The fraction of sp³-hybridized carbons (Fsp3) is 0.467. The van der Waals surface area contributed by atoms with Gasteiger partial charge in [-0.1, -0.05) is 6.92 Å². The van der Waals surface area contributed by atoms with E-state index < -0.39 is 5.97 Å². The molecule has 0 bridgehead atoms. The first-order chi connectivity index (χ1) is 10.2. The zero-order valence-corrected chi connectivity index (χ0v) is 12.3. The Hall–Kier alpha value is -2.26. The molecule has 0 saturated carbocycles. The van der Waals surface area contributed by atoms with Crippen LogP contribution < -0.4 is 5.32 Å². The largest absolute Gasteiger partial charge is 0.467 e. The van der Waals surface area contributed by atoms with Crippen LogP contribution in [0.3, 0.4) is 0 Å². The number of carbonyl (C=O) groups is 1. The molecule has 21 heavy (non-hydrogen) atoms. The first-order valence-electron chi connectivity index (χ1n) is 6.87. The minimum atomic E-state index is -0.638. The lowest BCUT2D eigenvalue weighted by molar-refractivity contribution is -0.140. The van der Waals surface area contributed by atoms with E-state index in [2.05, 4.69) is 5.32 Å². The average Bonchev–Trinajstić information content (AvgIpc) is 3.01. The Morgan fingerprint density at radius 1 is 1.43 bits per heavy atom. The van der Waals surface area contributed by atoms with E-state index in [0.29, 0.717) is 31.9 Å². The zero-order chi connectivity index (χ0) is 15.5. The molecular weight excluding hydrogens is 272 g/mol. The molecule has 1 rings (SSSR count). The quantitative estimate of drug-likeness (QED) is 0.325. The second-order valence-electron chi connectivity index (χ2n) is 4.08. The van der Waals surface area contributed by atoms with Crippen molar-refractivity contribution in [1.29, 1.82) is 5.26 Å². The van der Waals surface area contributed by atoms with Gasteiger partial charge in [0.15, 0.2) is 5.57 Å². The molecule has 1 aromatic heterocycles. The average molecular weight is 292 g/mol. The van der Waals surface area contributed by atoms with Crippen LogP contribution in [0.15, 0.2) is 34.1 Å². The SMILES string of the molecule is CCOCCOC(=O)/C(C#N)=C(/CC)NCc1ccco1. The van der Waals surface area contributed by atoms with Gasteiger partial charge in [-0.15, -0.1) is 0 Å². The highest BCUT2D eigenvalue weighted by molar-refractivity contribution is 5.93. The van der Waals surface area contributed by atoms with Crippen LogP contribution in [0.2, 0.25) is 0 Å². The minimum Gasteiger partial charge on any atom is -0.467 e. The van der Waals surface area contributed by atoms with E-state index in [1.54, 1.807) is 12.3 Å². The second kappa shape index (κ2) is 9.61. The van der Waals surface area contributed by atoms with E-state index in [4.69, 9.17) is 19.2 Å². The minimum absolute atomic E-state index is 0.0134. The van der Waals surface area contributed by atoms with Crippen molar-refractivity contribution in [1.82, 2.24) is 5.32 Å². The van der Waals surface area contributed by atoms with Crippen LogP contribution in [-0.4, -0.2) is 25.8 Å². The first kappa shape index (κ1) is 16.8. The van der Waals surface area contributed by atoms with Crippen molar-refractivity contribution < 1.29 is 18.7 Å². The Morgan fingerprint density at radius 2 is 2.24 bits per heavy atom. The van der Waals surface area contributed by atoms with Crippen LogP contribution in [0.5, 0.6) is 0 Å². The van der Waals surface area contributed by atoms with Crippen LogP contribution in [0.25, 0.3) is 0 Å². The van der Waals surface area contributed by atoms with E-state index in [0.717, 1.165) is 5.76 Å². The number of ether oxygens (including phenoxy) is 2. The number of nitriles is 1. The molecule has 0 spiro atoms. The molecule has 1 heterocycles. The van der Waals surface area contributed by atoms with Gasteiger partial charge in [-0.05, 0) is 25.5 Å². The lowest BCUT2D eigenvalue weighted by Crippen LogP contribution is -2.20. The van der Waals surface area contributed by atoms with Crippen LogP contribution in [0.1, 0.15) is 26.0 Å². The number of nitrogens with one attached hydrogen (secondary N) is 1. The molecule has 0 radical (unpaired) electrons. The summed E-state index contributed by atoms with van der Waals surface area (Å²) in [5.41, 5.74) is 0.524. The third-order valence-corrected chi connectivity index (χ3v) is 2.69. The monoisotopic (exact) mass is 292 g/mol. The fourth-order valence-electron chi connectivity index (χ4n) is 1.64. The van der Waals surface area contributed by atoms with Gasteiger partial charge < -0.3 is 19.2 Å². The number of allylic oxidation sites excluding steroid dienone is 1. The lowest BCUT2D eigenvalue weighted by atomic mass is 10.2. The third kappa shape index (κ3) is 5.71. The molecular formula is C15H20N2O4. The van der Waals surface area contributed by atoms with Gasteiger partial charge in [0.1, 0.15) is 18.4 Å². The summed E-state index contributed by atoms with van der Waals surface area (Å²) in [6.07, 6.45) is 2.09. The maximum atomic E-state index is 11.9. The van der Waals surface area contributed by atoms with Crippen molar-refractivity contribution in [3.63, 3.8) is 0 Å². The smallest absolute Gasteiger partial charge is 0.350 e. The topological polar surface area (TPSA) is 84.5 Å². The van der Waals surface area contributed by atoms with Crippen LogP contribution in [0, 0.1) is 11.3 Å². The van der Waals surface area contributed by atoms with Gasteiger partial charge in [-0.2, -0.15) is 5.26 Å². The zero-order valence-electron chi connectivity index (χ0n) is 12.3. The Bertz CT molecular complexity index is 500. The van der Waals surface area contributed by atoms with Crippen molar-refractivity contribution in [2.45, 2.75) is 26.8 Å². The standard InChI is InChI=1S/C15H20N2O4/c1-3-14(17-11-12-6-5-7-20-12)13(10-16)15(18)21-9-8-19-4-2/h5-7,17H,3-4,8-9,11H2,1-2H3/b14-13-. The van der Waals surface area contributed by atoms with Crippen molar-refractivity contribution in [3.05, 3.63) is 35.4 Å². The number of nitrogens with zero attached hydrogens (tertiary/aromatic N) is 1. The summed E-state index contributed by atoms with van der Waals surface area (Å²) in [6.45, 7) is 5.14. The Balaban J connectivity index is 2.62. The van der Waals surface area contributed by atoms with Crippen LogP contribution >= 0.6 is 0 Å². The highest BCUT2D eigenvalue weighted by Gasteiger charge is 2.16. The molecule has 0 saturated heterocycles. The van der Waals surface area contributed by atoms with Crippen LogP contribution in [-0.2, 0) is 20.8 Å². The maximum absolute atomic E-state index is 11.9. The molecule has 0 aliphatic heterocycles. The predicted octanol–water partition coefficient (Wildman–Crippen LogP) is 2.14. The number of hydrogen-bond acceptors (Lipinski definition) is 6. The summed E-state index contributed by atoms with van der Waals surface area (Å²) in [7, 11) is 0. The normalized spacial score (nSPS) is 11.5. The summed E-state index contributed by atoms with van der Waals surface area (Å²) in [4.78, 5) is 11.9. The number of carbonyl (C=O) groups excluding carboxylic acids is 1. The lowest BCUT2D eigenvalue weighted by Gasteiger charge is -2.10. The molecule has 0 aliphatic carbocycles. The second-order valence-corrected chi connectivity index (χ2v) is 4.08. The molecule has 0 fully saturated rings. The van der Waals surface area contributed by atoms with Gasteiger partial charge in [0.25, 0.3) is 0 Å². The Kier molecular flexibility index (Phi) is 7.69. The summed E-state index contributed by atoms with van der Waals surface area (Å²) >= 11 is 0. The molecule has 6 nitrogen and oxygen atoms in total. The van der Waals surface area contributed by atoms with Gasteiger partial charge in [0.05, 0.1) is 19.4 Å². The van der Waals surface area contributed by atoms with Crippen molar-refractivity contribution in [3.8, 4) is 6.07 Å². The molecule has 0 atom stereocenters. The van der Waals surface area contributed by atoms with Gasteiger partial charge >= 0.3 is 5.97 Å². The molecule has 1 N–H and O–H groups in total. The first-order valence-corrected chi connectivity index (χ1v) is 6.87. The summed E-state index contributed by atoms with van der Waals surface area (Å²) < 4.78 is 15.3. The molecule has 0 amide bonds. The molecule has 1 aromatic rings. The Morgan fingerprint density at radius 3 is 2.81 bits per heavy atom. The highest BCUT2D eigenvalue weighted by atomic mass is 16.6. The van der Waals surface area contributed by atoms with Crippen LogP contribution in [0.4, 0.5) is 0 Å². The summed E-state index contributed by atoms with van der Waals surface area (Å²) in [6, 6.07) is 5.48. The third-order valence-electron chi connectivity index (χ3n) is 2.69. The van der Waals surface area contributed by atoms with Crippen molar-refractivity contribution in [2.75, 3.05) is 19.8 Å². The summed E-state index contributed by atoms with van der Waals surface area (Å²) in [5.74, 6) is 0.0870. The van der Waals surface area contributed by atoms with E-state index in [1.807, 2.05) is 26.0 Å². The van der Waals surface area contributed by atoms with Gasteiger partial charge in [-0.3, -0.25) is 0 Å². The molecule has 6 heteroatoms. The van der Waals surface area contributed by atoms with Crippen molar-refractivity contribution in [2.24, 2.45) is 0 Å². The highest BCUT2D eigenvalue weighted by Crippen LogP contribution is 2.09. The molecule has 0 aromatic carbocycles. The molecule has 114 valence electrons. The Labute approximate surface area is 124 Å². The molecule has 0 unspecified atom stereocenters. The number of hydrogen-bond donors (Lipinski definition) is 1. The van der Waals surface area contributed by atoms with E-state index in [9.17, 15) is 4.79 Å². The van der Waals surface area contributed by atoms with Gasteiger partial charge in [0, 0.05) is 12.3 Å². The number of furan rings is 1. The molecule has 0 aliphatic rings.